The Morgan fingerprint density at radius 3 is 2.27 bits per heavy atom. The molecule has 2 aromatic carbocycles. The van der Waals surface area contributed by atoms with Gasteiger partial charge in [-0.2, -0.15) is 0 Å². The van der Waals surface area contributed by atoms with Crippen LogP contribution < -0.4 is 10.1 Å². The molecule has 0 radical (unpaired) electrons. The van der Waals surface area contributed by atoms with Crippen LogP contribution in [0, 0.1) is 0 Å². The maximum Gasteiger partial charge on any atom is 0.251 e. The molecule has 2 rings (SSSR count). The van der Waals surface area contributed by atoms with E-state index in [0.717, 1.165) is 5.56 Å². The molecule has 6 nitrogen and oxygen atoms in total. The van der Waals surface area contributed by atoms with E-state index in [1.807, 2.05) is 30.3 Å². The summed E-state index contributed by atoms with van der Waals surface area (Å²) >= 11 is 0. The molecule has 0 spiro atoms. The van der Waals surface area contributed by atoms with Crippen LogP contribution in [0.15, 0.2) is 54.6 Å². The number of hydrogen-bond acceptors (Lipinski definition) is 4. The van der Waals surface area contributed by atoms with Crippen LogP contribution in [0.1, 0.15) is 15.9 Å². The molecule has 2 aromatic rings. The van der Waals surface area contributed by atoms with E-state index in [1.165, 1.54) is 10.6 Å². The predicted molar refractivity (Wildman–Crippen MR) is 102 cm³/mol. The van der Waals surface area contributed by atoms with Crippen LogP contribution in [0.3, 0.4) is 0 Å². The van der Waals surface area contributed by atoms with Crippen molar-refractivity contribution in [1.82, 2.24) is 9.62 Å². The standard InChI is InChI=1S/C19H24N2O4S/c1-25-18-10-8-17(9-11-18)19(22)20-13-15-21(26(2,23)24)14-12-16-6-4-3-5-7-16/h3-11H,12-15H2,1-2H3,(H,20,22). The smallest absolute Gasteiger partial charge is 0.251 e. The number of nitrogens with zero attached hydrogens (tertiary/aromatic N) is 1. The number of nitrogens with one attached hydrogen (secondary N) is 1. The Kier molecular flexibility index (Phi) is 7.17. The maximum absolute atomic E-state index is 12.1. The maximum atomic E-state index is 12.1. The number of hydrogen-bond donors (Lipinski definition) is 1. The van der Waals surface area contributed by atoms with Crippen molar-refractivity contribution < 1.29 is 17.9 Å². The van der Waals surface area contributed by atoms with Crippen LogP contribution in [0.4, 0.5) is 0 Å². The Bertz CT molecular complexity index is 805. The third kappa shape index (κ3) is 6.16. The summed E-state index contributed by atoms with van der Waals surface area (Å²) in [7, 11) is -1.78. The molecule has 0 aliphatic carbocycles. The first-order chi connectivity index (χ1) is 12.4. The number of rotatable bonds is 9. The number of benzene rings is 2. The highest BCUT2D eigenvalue weighted by molar-refractivity contribution is 7.88. The number of sulfonamides is 1. The van der Waals surface area contributed by atoms with Gasteiger partial charge in [0.2, 0.25) is 10.0 Å². The van der Waals surface area contributed by atoms with Gasteiger partial charge in [-0.25, -0.2) is 12.7 Å². The van der Waals surface area contributed by atoms with Crippen molar-refractivity contribution in [2.75, 3.05) is 33.0 Å². The minimum Gasteiger partial charge on any atom is -0.497 e. The molecule has 0 heterocycles. The van der Waals surface area contributed by atoms with E-state index in [9.17, 15) is 13.2 Å². The van der Waals surface area contributed by atoms with Crippen molar-refractivity contribution in [2.24, 2.45) is 0 Å². The number of carbonyl (C=O) groups is 1. The van der Waals surface area contributed by atoms with E-state index < -0.39 is 10.0 Å². The highest BCUT2D eigenvalue weighted by atomic mass is 32.2. The lowest BCUT2D eigenvalue weighted by Crippen LogP contribution is -2.39. The van der Waals surface area contributed by atoms with Gasteiger partial charge in [0.1, 0.15) is 5.75 Å². The number of carbonyl (C=O) groups excluding carboxylic acids is 1. The van der Waals surface area contributed by atoms with Gasteiger partial charge in [-0.3, -0.25) is 4.79 Å². The molecular weight excluding hydrogens is 352 g/mol. The summed E-state index contributed by atoms with van der Waals surface area (Å²) < 4.78 is 30.4. The van der Waals surface area contributed by atoms with Crippen molar-refractivity contribution >= 4 is 15.9 Å². The molecule has 0 unspecified atom stereocenters. The first kappa shape index (κ1) is 19.9. The fraction of sp³-hybridized carbons (Fsp3) is 0.316. The fourth-order valence-electron chi connectivity index (χ4n) is 2.48. The monoisotopic (exact) mass is 376 g/mol. The molecule has 1 N–H and O–H groups in total. The number of amides is 1. The van der Waals surface area contributed by atoms with Crippen molar-refractivity contribution in [3.63, 3.8) is 0 Å². The zero-order valence-electron chi connectivity index (χ0n) is 15.0. The van der Waals surface area contributed by atoms with Crippen LogP contribution in [0.5, 0.6) is 5.75 Å². The second-order valence-corrected chi connectivity index (χ2v) is 7.86. The predicted octanol–water partition coefficient (Wildman–Crippen LogP) is 1.93. The van der Waals surface area contributed by atoms with Crippen LogP contribution in [0.2, 0.25) is 0 Å². The highest BCUT2D eigenvalue weighted by Gasteiger charge is 2.16. The molecule has 0 atom stereocenters. The Hall–Kier alpha value is -2.38. The Labute approximate surface area is 154 Å². The average Bonchev–Trinajstić information content (AvgIpc) is 2.64. The minimum atomic E-state index is -3.34. The molecule has 0 saturated carbocycles. The fourth-order valence-corrected chi connectivity index (χ4v) is 3.33. The van der Waals surface area contributed by atoms with Gasteiger partial charge >= 0.3 is 0 Å². The molecule has 0 fully saturated rings. The molecule has 0 aliphatic rings. The van der Waals surface area contributed by atoms with Crippen LogP contribution in [-0.4, -0.2) is 51.6 Å². The third-order valence-electron chi connectivity index (χ3n) is 3.96. The van der Waals surface area contributed by atoms with Gasteiger partial charge in [-0.1, -0.05) is 30.3 Å². The summed E-state index contributed by atoms with van der Waals surface area (Å²) in [6.07, 6.45) is 1.81. The van der Waals surface area contributed by atoms with Gasteiger partial charge in [-0.05, 0) is 36.2 Å². The van der Waals surface area contributed by atoms with Crippen molar-refractivity contribution in [1.29, 1.82) is 0 Å². The largest absolute Gasteiger partial charge is 0.497 e. The Morgan fingerprint density at radius 1 is 1.04 bits per heavy atom. The Morgan fingerprint density at radius 2 is 1.69 bits per heavy atom. The first-order valence-electron chi connectivity index (χ1n) is 8.31. The second-order valence-electron chi connectivity index (χ2n) is 5.88. The van der Waals surface area contributed by atoms with Crippen molar-refractivity contribution in [2.45, 2.75) is 6.42 Å². The molecule has 26 heavy (non-hydrogen) atoms. The normalized spacial score (nSPS) is 11.3. The SMILES string of the molecule is COc1ccc(C(=O)NCCN(CCc2ccccc2)S(C)(=O)=O)cc1. The van der Waals surface area contributed by atoms with Crippen LogP contribution >= 0.6 is 0 Å². The molecule has 0 bridgehead atoms. The molecule has 7 heteroatoms. The van der Waals surface area contributed by atoms with E-state index in [4.69, 9.17) is 4.74 Å². The molecule has 0 aromatic heterocycles. The summed E-state index contributed by atoms with van der Waals surface area (Å²) in [5, 5.41) is 2.75. The molecule has 140 valence electrons. The lowest BCUT2D eigenvalue weighted by molar-refractivity contribution is 0.0951. The van der Waals surface area contributed by atoms with E-state index in [-0.39, 0.29) is 19.0 Å². The molecule has 1 amide bonds. The summed E-state index contributed by atoms with van der Waals surface area (Å²) in [5.74, 6) is 0.426. The van der Waals surface area contributed by atoms with Crippen molar-refractivity contribution in [3.8, 4) is 5.75 Å². The molecule has 0 aliphatic heterocycles. The number of ether oxygens (including phenoxy) is 1. The first-order valence-corrected chi connectivity index (χ1v) is 10.2. The summed E-state index contributed by atoms with van der Waals surface area (Å²) in [4.78, 5) is 12.1. The van der Waals surface area contributed by atoms with Gasteiger partial charge in [-0.15, -0.1) is 0 Å². The van der Waals surface area contributed by atoms with E-state index >= 15 is 0 Å². The Balaban J connectivity index is 1.87. The summed E-state index contributed by atoms with van der Waals surface area (Å²) in [6.45, 7) is 0.849. The van der Waals surface area contributed by atoms with E-state index in [1.54, 1.807) is 31.4 Å². The average molecular weight is 376 g/mol. The van der Waals surface area contributed by atoms with Gasteiger partial charge < -0.3 is 10.1 Å². The number of methoxy groups -OCH3 is 1. The van der Waals surface area contributed by atoms with Crippen molar-refractivity contribution in [3.05, 3.63) is 65.7 Å². The zero-order chi connectivity index (χ0) is 19.0. The van der Waals surface area contributed by atoms with Gasteiger partial charge in [0.15, 0.2) is 0 Å². The molecule has 0 saturated heterocycles. The van der Waals surface area contributed by atoms with Crippen LogP contribution in [0.25, 0.3) is 0 Å². The van der Waals surface area contributed by atoms with Crippen LogP contribution in [-0.2, 0) is 16.4 Å². The topological polar surface area (TPSA) is 75.7 Å². The summed E-state index contributed by atoms with van der Waals surface area (Å²) in [6, 6.07) is 16.4. The zero-order valence-corrected chi connectivity index (χ0v) is 15.8. The van der Waals surface area contributed by atoms with E-state index in [2.05, 4.69) is 5.32 Å². The van der Waals surface area contributed by atoms with E-state index in [0.29, 0.717) is 24.3 Å². The lowest BCUT2D eigenvalue weighted by atomic mass is 10.1. The lowest BCUT2D eigenvalue weighted by Gasteiger charge is -2.20. The second kappa shape index (κ2) is 9.35. The molecular formula is C19H24N2O4S. The quantitative estimate of drug-likeness (QED) is 0.726. The summed E-state index contributed by atoms with van der Waals surface area (Å²) in [5.41, 5.74) is 1.57. The highest BCUT2D eigenvalue weighted by Crippen LogP contribution is 2.11. The minimum absolute atomic E-state index is 0.230. The van der Waals surface area contributed by atoms with Gasteiger partial charge in [0.25, 0.3) is 5.91 Å². The third-order valence-corrected chi connectivity index (χ3v) is 5.26. The van der Waals surface area contributed by atoms with Gasteiger partial charge in [0.05, 0.1) is 13.4 Å². The van der Waals surface area contributed by atoms with Gasteiger partial charge in [0, 0.05) is 25.2 Å².